The van der Waals surface area contributed by atoms with Crippen LogP contribution in [0.3, 0.4) is 0 Å². The number of aliphatic carboxylic acids is 2. The monoisotopic (exact) mass is 369 g/mol. The maximum absolute atomic E-state index is 12.2. The number of rotatable bonds is 3. The van der Waals surface area contributed by atoms with E-state index in [1.807, 2.05) is 23.8 Å². The molecule has 3 unspecified atom stereocenters. The van der Waals surface area contributed by atoms with Gasteiger partial charge in [0.2, 0.25) is 0 Å². The molecule has 1 aromatic rings. The zero-order valence-corrected chi connectivity index (χ0v) is 15.1. The normalized spacial score (nSPS) is 26.2. The highest BCUT2D eigenvalue weighted by molar-refractivity contribution is 7.08. The number of carboxylic acids is 2. The van der Waals surface area contributed by atoms with Crippen molar-refractivity contribution in [2.75, 3.05) is 7.05 Å². The summed E-state index contributed by atoms with van der Waals surface area (Å²) >= 11 is 1.63. The average molecular weight is 369 g/mol. The number of carbonyl (C=O) groups is 3. The molecule has 0 amide bonds. The molecule has 0 spiro atoms. The minimum Gasteiger partial charge on any atom is -0.473 e. The van der Waals surface area contributed by atoms with Gasteiger partial charge in [-0.25, -0.2) is 9.59 Å². The van der Waals surface area contributed by atoms with E-state index in [-0.39, 0.29) is 18.0 Å². The number of ether oxygens (including phenoxy) is 1. The molecule has 0 aliphatic carbocycles. The van der Waals surface area contributed by atoms with Crippen molar-refractivity contribution < 1.29 is 29.3 Å². The van der Waals surface area contributed by atoms with Crippen LogP contribution in [-0.4, -0.2) is 58.3 Å². The van der Waals surface area contributed by atoms with Crippen molar-refractivity contribution in [1.29, 1.82) is 0 Å². The number of nitrogens with zero attached hydrogens (tertiary/aromatic N) is 1. The van der Waals surface area contributed by atoms with Crippen LogP contribution in [0, 0.1) is 0 Å². The molecule has 8 heteroatoms. The molecule has 138 valence electrons. The molecule has 2 aliphatic heterocycles. The quantitative estimate of drug-likeness (QED) is 0.621. The first kappa shape index (κ1) is 19.4. The van der Waals surface area contributed by atoms with E-state index >= 15 is 0 Å². The number of esters is 1. The molecule has 7 nitrogen and oxygen atoms in total. The smallest absolute Gasteiger partial charge is 0.414 e. The highest BCUT2D eigenvalue weighted by Crippen LogP contribution is 2.36. The highest BCUT2D eigenvalue weighted by atomic mass is 32.1. The van der Waals surface area contributed by atoms with Gasteiger partial charge in [-0.3, -0.25) is 4.79 Å². The lowest BCUT2D eigenvalue weighted by Crippen LogP contribution is -2.43. The number of carboxylic acid groups (broad SMARTS) is 2. The van der Waals surface area contributed by atoms with Crippen LogP contribution in [0.2, 0.25) is 0 Å². The lowest BCUT2D eigenvalue weighted by Gasteiger charge is -2.36. The lowest BCUT2D eigenvalue weighted by atomic mass is 10.00. The molecule has 3 atom stereocenters. The number of piperidine rings is 1. The number of hydrogen-bond donors (Lipinski definition) is 2. The van der Waals surface area contributed by atoms with Crippen LogP contribution in [0.4, 0.5) is 0 Å². The van der Waals surface area contributed by atoms with E-state index in [1.165, 1.54) is 12.8 Å². The Balaban J connectivity index is 0.000000326. The van der Waals surface area contributed by atoms with Crippen molar-refractivity contribution in [3.8, 4) is 0 Å². The topological polar surface area (TPSA) is 104 Å². The van der Waals surface area contributed by atoms with Crippen molar-refractivity contribution in [1.82, 2.24) is 4.90 Å². The largest absolute Gasteiger partial charge is 0.473 e. The van der Waals surface area contributed by atoms with Crippen LogP contribution in [0.15, 0.2) is 16.8 Å². The van der Waals surface area contributed by atoms with Gasteiger partial charge in [0.1, 0.15) is 6.10 Å². The third-order valence-corrected chi connectivity index (χ3v) is 5.62. The van der Waals surface area contributed by atoms with E-state index < -0.39 is 11.9 Å². The summed E-state index contributed by atoms with van der Waals surface area (Å²) in [6.45, 7) is 1.94. The second-order valence-electron chi connectivity index (χ2n) is 6.47. The van der Waals surface area contributed by atoms with Crippen LogP contribution in [-0.2, 0) is 19.1 Å². The van der Waals surface area contributed by atoms with E-state index in [0.717, 1.165) is 18.4 Å². The third-order valence-electron chi connectivity index (χ3n) is 4.92. The number of thiophene rings is 1. The summed E-state index contributed by atoms with van der Waals surface area (Å²) in [7, 11) is 2.20. The first-order valence-electron chi connectivity index (χ1n) is 8.20. The molecular formula is C17H23NO6S. The van der Waals surface area contributed by atoms with Gasteiger partial charge in [0.05, 0.1) is 5.92 Å². The molecule has 2 saturated heterocycles. The Kier molecular flexibility index (Phi) is 6.55. The van der Waals surface area contributed by atoms with Gasteiger partial charge >= 0.3 is 17.9 Å². The molecule has 0 aromatic carbocycles. The summed E-state index contributed by atoms with van der Waals surface area (Å²) < 4.78 is 5.75. The molecule has 2 fully saturated rings. The molecule has 2 bridgehead atoms. The van der Waals surface area contributed by atoms with E-state index in [9.17, 15) is 4.79 Å². The number of fused-ring (bicyclic) bond motifs is 2. The van der Waals surface area contributed by atoms with Gasteiger partial charge in [0.25, 0.3) is 0 Å². The van der Waals surface area contributed by atoms with Gasteiger partial charge in [-0.05, 0) is 62.0 Å². The third kappa shape index (κ3) is 5.02. The first-order chi connectivity index (χ1) is 11.8. The summed E-state index contributed by atoms with van der Waals surface area (Å²) in [5, 5.41) is 18.8. The summed E-state index contributed by atoms with van der Waals surface area (Å²) in [6.07, 6.45) is 4.66. The molecule has 2 aliphatic rings. The van der Waals surface area contributed by atoms with Crippen LogP contribution >= 0.6 is 11.3 Å². The standard InChI is InChI=1S/C15H21NO2S.C2H2O4/c1-10(11-5-6-19-9-11)15(17)18-14-7-12-3-4-13(8-14)16(12)2;3-1(4)2(5)6/h5-6,9-10,12-14H,3-4,7-8H2,1-2H3;(H,3,4)(H,5,6). The molecule has 3 heterocycles. The van der Waals surface area contributed by atoms with E-state index in [2.05, 4.69) is 11.9 Å². The minimum atomic E-state index is -1.82. The van der Waals surface area contributed by atoms with Crippen LogP contribution in [0.25, 0.3) is 0 Å². The van der Waals surface area contributed by atoms with E-state index in [0.29, 0.717) is 12.1 Å². The van der Waals surface area contributed by atoms with Crippen molar-refractivity contribution in [3.05, 3.63) is 22.4 Å². The Bertz CT molecular complexity index is 591. The minimum absolute atomic E-state index is 0.0626. The van der Waals surface area contributed by atoms with Crippen molar-refractivity contribution >= 4 is 29.2 Å². The fourth-order valence-corrected chi connectivity index (χ4v) is 4.14. The van der Waals surface area contributed by atoms with Crippen molar-refractivity contribution in [3.63, 3.8) is 0 Å². The molecular weight excluding hydrogens is 346 g/mol. The molecule has 3 rings (SSSR count). The summed E-state index contributed by atoms with van der Waals surface area (Å²) in [4.78, 5) is 32.9. The lowest BCUT2D eigenvalue weighted by molar-refractivity contribution is -0.159. The second-order valence-corrected chi connectivity index (χ2v) is 7.25. The predicted octanol–water partition coefficient (Wildman–Crippen LogP) is 2.18. The van der Waals surface area contributed by atoms with Gasteiger partial charge in [0, 0.05) is 12.1 Å². The highest BCUT2D eigenvalue weighted by Gasteiger charge is 2.40. The van der Waals surface area contributed by atoms with Crippen LogP contribution < -0.4 is 0 Å². The van der Waals surface area contributed by atoms with Crippen LogP contribution in [0.1, 0.15) is 44.1 Å². The first-order valence-corrected chi connectivity index (χ1v) is 9.14. The fourth-order valence-electron chi connectivity index (χ4n) is 3.38. The Morgan fingerprint density at radius 3 is 2.20 bits per heavy atom. The van der Waals surface area contributed by atoms with Crippen molar-refractivity contribution in [2.45, 2.75) is 56.7 Å². The van der Waals surface area contributed by atoms with Crippen molar-refractivity contribution in [2.24, 2.45) is 0 Å². The zero-order valence-electron chi connectivity index (χ0n) is 14.3. The van der Waals surface area contributed by atoms with Gasteiger partial charge < -0.3 is 19.8 Å². The maximum Gasteiger partial charge on any atom is 0.414 e. The summed E-state index contributed by atoms with van der Waals surface area (Å²) in [5.41, 5.74) is 1.07. The molecule has 0 saturated carbocycles. The molecule has 2 N–H and O–H groups in total. The maximum atomic E-state index is 12.2. The molecule has 1 aromatic heterocycles. The summed E-state index contributed by atoms with van der Waals surface area (Å²) in [5.74, 6) is -3.85. The fraction of sp³-hybridized carbons (Fsp3) is 0.588. The van der Waals surface area contributed by atoms with Gasteiger partial charge in [0.15, 0.2) is 0 Å². The number of hydrogen-bond acceptors (Lipinski definition) is 6. The number of carbonyl (C=O) groups excluding carboxylic acids is 1. The van der Waals surface area contributed by atoms with E-state index in [1.54, 1.807) is 11.3 Å². The Morgan fingerprint density at radius 2 is 1.76 bits per heavy atom. The van der Waals surface area contributed by atoms with Gasteiger partial charge in [-0.15, -0.1) is 0 Å². The Morgan fingerprint density at radius 1 is 1.20 bits per heavy atom. The second kappa shape index (κ2) is 8.44. The van der Waals surface area contributed by atoms with E-state index in [4.69, 9.17) is 24.5 Å². The predicted molar refractivity (Wildman–Crippen MR) is 91.7 cm³/mol. The zero-order chi connectivity index (χ0) is 18.6. The van der Waals surface area contributed by atoms with Gasteiger partial charge in [-0.1, -0.05) is 0 Å². The summed E-state index contributed by atoms with van der Waals surface area (Å²) in [6, 6.07) is 3.25. The Labute approximate surface area is 150 Å². The average Bonchev–Trinajstić information content (AvgIpc) is 3.14. The Hall–Kier alpha value is -1.93. The molecule has 0 radical (unpaired) electrons. The SMILES string of the molecule is CC(C(=O)OC1CC2CCC(C1)N2C)c1ccsc1.O=C(O)C(=O)O. The molecule has 25 heavy (non-hydrogen) atoms. The van der Waals surface area contributed by atoms with Crippen LogP contribution in [0.5, 0.6) is 0 Å². The van der Waals surface area contributed by atoms with Gasteiger partial charge in [-0.2, -0.15) is 11.3 Å².